The van der Waals surface area contributed by atoms with Gasteiger partial charge in [0.15, 0.2) is 0 Å². The SMILES string of the molecule is CC1=Nc2ccc(-c3ccc4nc(-c5ccc(C)nc5)[nH]c4c3)cc2C1. The molecule has 126 valence electrons. The van der Waals surface area contributed by atoms with Crippen molar-refractivity contribution in [3.05, 3.63) is 66.0 Å². The van der Waals surface area contributed by atoms with Gasteiger partial charge in [0.1, 0.15) is 5.82 Å². The minimum Gasteiger partial charge on any atom is -0.338 e. The standard InChI is InChI=1S/C22H18N4/c1-13-3-4-17(12-23-13)22-25-20-8-6-16(11-21(20)26-22)15-5-7-19-18(10-15)9-14(2)24-19/h3-8,10-12H,9H2,1-2H3,(H,25,26). The molecular weight excluding hydrogens is 320 g/mol. The Labute approximate surface area is 151 Å². The number of aliphatic imine (C=N–C) groups is 1. The second-order valence-electron chi connectivity index (χ2n) is 6.87. The van der Waals surface area contributed by atoms with E-state index in [0.29, 0.717) is 0 Å². The van der Waals surface area contributed by atoms with Crippen LogP contribution in [0, 0.1) is 6.92 Å². The van der Waals surface area contributed by atoms with Crippen LogP contribution in [-0.4, -0.2) is 20.7 Å². The Bertz CT molecular complexity index is 1170. The van der Waals surface area contributed by atoms with Crippen molar-refractivity contribution in [2.45, 2.75) is 20.3 Å². The molecule has 2 aromatic heterocycles. The van der Waals surface area contributed by atoms with Crippen molar-refractivity contribution in [2.24, 2.45) is 4.99 Å². The number of fused-ring (bicyclic) bond motifs is 2. The fourth-order valence-corrected chi connectivity index (χ4v) is 3.47. The maximum absolute atomic E-state index is 4.70. The molecule has 0 aliphatic carbocycles. The van der Waals surface area contributed by atoms with Crippen molar-refractivity contribution in [1.29, 1.82) is 0 Å². The molecule has 1 aliphatic rings. The summed E-state index contributed by atoms with van der Waals surface area (Å²) in [7, 11) is 0. The number of hydrogen-bond acceptors (Lipinski definition) is 3. The van der Waals surface area contributed by atoms with E-state index in [2.05, 4.69) is 58.3 Å². The highest BCUT2D eigenvalue weighted by Crippen LogP contribution is 2.32. The molecule has 4 aromatic rings. The third kappa shape index (κ3) is 2.51. The predicted octanol–water partition coefficient (Wildman–Crippen LogP) is 5.25. The van der Waals surface area contributed by atoms with E-state index in [1.54, 1.807) is 0 Å². The van der Waals surface area contributed by atoms with Crippen LogP contribution < -0.4 is 0 Å². The van der Waals surface area contributed by atoms with Crippen LogP contribution >= 0.6 is 0 Å². The van der Waals surface area contributed by atoms with Crippen LogP contribution in [0.25, 0.3) is 33.5 Å². The van der Waals surface area contributed by atoms with Crippen LogP contribution in [0.5, 0.6) is 0 Å². The summed E-state index contributed by atoms with van der Waals surface area (Å²) in [5.41, 5.74) is 9.97. The van der Waals surface area contributed by atoms with E-state index in [1.807, 2.05) is 25.3 Å². The average Bonchev–Trinajstić information content (AvgIpc) is 3.23. The van der Waals surface area contributed by atoms with Crippen molar-refractivity contribution in [2.75, 3.05) is 0 Å². The summed E-state index contributed by atoms with van der Waals surface area (Å²) in [5.74, 6) is 0.850. The molecule has 0 saturated carbocycles. The molecule has 0 bridgehead atoms. The first-order valence-corrected chi connectivity index (χ1v) is 8.76. The summed E-state index contributed by atoms with van der Waals surface area (Å²) in [4.78, 5) is 17.1. The van der Waals surface area contributed by atoms with Crippen LogP contribution in [0.3, 0.4) is 0 Å². The zero-order chi connectivity index (χ0) is 17.7. The third-order valence-corrected chi connectivity index (χ3v) is 4.84. The molecule has 5 rings (SSSR count). The number of imidazole rings is 1. The number of nitrogens with one attached hydrogen (secondary N) is 1. The van der Waals surface area contributed by atoms with Gasteiger partial charge in [-0.2, -0.15) is 0 Å². The van der Waals surface area contributed by atoms with Gasteiger partial charge >= 0.3 is 0 Å². The molecule has 0 unspecified atom stereocenters. The van der Waals surface area contributed by atoms with E-state index in [0.717, 1.165) is 40.2 Å². The summed E-state index contributed by atoms with van der Waals surface area (Å²) in [6, 6.07) is 16.9. The van der Waals surface area contributed by atoms with Gasteiger partial charge in [0, 0.05) is 29.6 Å². The lowest BCUT2D eigenvalue weighted by molar-refractivity contribution is 1.19. The normalized spacial score (nSPS) is 13.1. The van der Waals surface area contributed by atoms with Gasteiger partial charge in [-0.1, -0.05) is 12.1 Å². The van der Waals surface area contributed by atoms with Crippen molar-refractivity contribution >= 4 is 22.4 Å². The van der Waals surface area contributed by atoms with Crippen molar-refractivity contribution in [1.82, 2.24) is 15.0 Å². The van der Waals surface area contributed by atoms with E-state index in [9.17, 15) is 0 Å². The van der Waals surface area contributed by atoms with Gasteiger partial charge in [0.25, 0.3) is 0 Å². The first-order valence-electron chi connectivity index (χ1n) is 8.76. The average molecular weight is 338 g/mol. The van der Waals surface area contributed by atoms with Gasteiger partial charge < -0.3 is 4.98 Å². The summed E-state index contributed by atoms with van der Waals surface area (Å²) in [6.07, 6.45) is 2.80. The highest BCUT2D eigenvalue weighted by atomic mass is 14.9. The van der Waals surface area contributed by atoms with Crippen LogP contribution in [0.2, 0.25) is 0 Å². The molecule has 0 amide bonds. The smallest absolute Gasteiger partial charge is 0.140 e. The molecule has 3 heterocycles. The molecule has 0 spiro atoms. The zero-order valence-electron chi connectivity index (χ0n) is 14.7. The predicted molar refractivity (Wildman–Crippen MR) is 106 cm³/mol. The fraction of sp³-hybridized carbons (Fsp3) is 0.136. The van der Waals surface area contributed by atoms with Crippen LogP contribution in [-0.2, 0) is 6.42 Å². The van der Waals surface area contributed by atoms with Gasteiger partial charge in [0.05, 0.1) is 16.7 Å². The van der Waals surface area contributed by atoms with E-state index >= 15 is 0 Å². The summed E-state index contributed by atoms with van der Waals surface area (Å²) in [5, 5.41) is 0. The Morgan fingerprint density at radius 3 is 2.54 bits per heavy atom. The molecule has 26 heavy (non-hydrogen) atoms. The number of hydrogen-bond donors (Lipinski definition) is 1. The quantitative estimate of drug-likeness (QED) is 0.543. The van der Waals surface area contributed by atoms with Gasteiger partial charge in [0.2, 0.25) is 0 Å². The number of aromatic amines is 1. The lowest BCUT2D eigenvalue weighted by Crippen LogP contribution is -1.89. The third-order valence-electron chi connectivity index (χ3n) is 4.84. The number of pyridine rings is 1. The second kappa shape index (κ2) is 5.63. The molecule has 4 nitrogen and oxygen atoms in total. The fourth-order valence-electron chi connectivity index (χ4n) is 3.47. The Balaban J connectivity index is 1.54. The highest BCUT2D eigenvalue weighted by Gasteiger charge is 2.13. The Morgan fingerprint density at radius 2 is 1.69 bits per heavy atom. The maximum Gasteiger partial charge on any atom is 0.140 e. The van der Waals surface area contributed by atoms with Crippen molar-refractivity contribution in [3.63, 3.8) is 0 Å². The van der Waals surface area contributed by atoms with Crippen molar-refractivity contribution in [3.8, 4) is 22.5 Å². The maximum atomic E-state index is 4.70. The molecule has 0 fully saturated rings. The van der Waals surface area contributed by atoms with Crippen LogP contribution in [0.15, 0.2) is 59.7 Å². The number of benzene rings is 2. The number of nitrogens with zero attached hydrogens (tertiary/aromatic N) is 3. The molecule has 0 radical (unpaired) electrons. The molecule has 4 heteroatoms. The number of H-pyrrole nitrogens is 1. The van der Waals surface area contributed by atoms with E-state index in [1.165, 1.54) is 22.4 Å². The first-order chi connectivity index (χ1) is 12.7. The lowest BCUT2D eigenvalue weighted by atomic mass is 10.0. The van der Waals surface area contributed by atoms with E-state index in [4.69, 9.17) is 4.98 Å². The van der Waals surface area contributed by atoms with Gasteiger partial charge in [-0.3, -0.25) is 9.98 Å². The van der Waals surface area contributed by atoms with Crippen LogP contribution in [0.4, 0.5) is 5.69 Å². The number of aryl methyl sites for hydroxylation is 1. The number of aromatic nitrogens is 3. The first kappa shape index (κ1) is 15.0. The molecule has 1 aliphatic heterocycles. The van der Waals surface area contributed by atoms with Gasteiger partial charge in [-0.05, 0) is 66.9 Å². The zero-order valence-corrected chi connectivity index (χ0v) is 14.7. The number of rotatable bonds is 2. The summed E-state index contributed by atoms with van der Waals surface area (Å²) in [6.45, 7) is 4.07. The summed E-state index contributed by atoms with van der Waals surface area (Å²) >= 11 is 0. The van der Waals surface area contributed by atoms with E-state index in [-0.39, 0.29) is 0 Å². The monoisotopic (exact) mass is 338 g/mol. The Morgan fingerprint density at radius 1 is 0.885 bits per heavy atom. The largest absolute Gasteiger partial charge is 0.338 e. The minimum atomic E-state index is 0.850. The summed E-state index contributed by atoms with van der Waals surface area (Å²) < 4.78 is 0. The second-order valence-corrected chi connectivity index (χ2v) is 6.87. The van der Waals surface area contributed by atoms with Crippen LogP contribution in [0.1, 0.15) is 18.2 Å². The molecular formula is C22H18N4. The molecule has 2 aromatic carbocycles. The van der Waals surface area contributed by atoms with Crippen molar-refractivity contribution < 1.29 is 0 Å². The van der Waals surface area contributed by atoms with E-state index < -0.39 is 0 Å². The Hall–Kier alpha value is -3.27. The highest BCUT2D eigenvalue weighted by molar-refractivity contribution is 5.93. The topological polar surface area (TPSA) is 53.9 Å². The molecule has 1 N–H and O–H groups in total. The molecule has 0 atom stereocenters. The lowest BCUT2D eigenvalue weighted by Gasteiger charge is -2.04. The Kier molecular flexibility index (Phi) is 3.25. The minimum absolute atomic E-state index is 0.850. The van der Waals surface area contributed by atoms with Gasteiger partial charge in [-0.15, -0.1) is 0 Å². The van der Waals surface area contributed by atoms with Gasteiger partial charge in [-0.25, -0.2) is 4.98 Å². The molecule has 0 saturated heterocycles.